The molecule has 0 amide bonds. The van der Waals surface area contributed by atoms with Gasteiger partial charge in [-0.15, -0.1) is 0 Å². The molecule has 0 spiro atoms. The molecule has 0 bridgehead atoms. The molecule has 1 N–H and O–H groups in total. The number of halogens is 3. The predicted octanol–water partition coefficient (Wildman–Crippen LogP) is 4.58. The predicted molar refractivity (Wildman–Crippen MR) is 89.9 cm³/mol. The Kier molecular flexibility index (Phi) is 4.80. The number of aromatic nitrogens is 2. The standard InChI is InChI=1S/C17H13F3N4O3/c1-10-13(3-2-4-14(10)24(25)26)21-9-15-22-16(23-27-15)11-5-7-12(8-6-11)17(18,19)20/h2-8,21H,9H2,1H3. The molecule has 7 nitrogen and oxygen atoms in total. The molecule has 0 saturated carbocycles. The number of alkyl halides is 3. The number of hydrogen-bond acceptors (Lipinski definition) is 6. The molecule has 10 heteroatoms. The van der Waals surface area contributed by atoms with Gasteiger partial charge in [0.2, 0.25) is 11.7 Å². The summed E-state index contributed by atoms with van der Waals surface area (Å²) in [6.07, 6.45) is -4.42. The Morgan fingerprint density at radius 3 is 2.52 bits per heavy atom. The molecule has 0 fully saturated rings. The van der Waals surface area contributed by atoms with Crippen LogP contribution in [0.4, 0.5) is 24.5 Å². The topological polar surface area (TPSA) is 94.1 Å². The van der Waals surface area contributed by atoms with Gasteiger partial charge < -0.3 is 9.84 Å². The minimum atomic E-state index is -4.42. The van der Waals surface area contributed by atoms with Gasteiger partial charge in [-0.25, -0.2) is 0 Å². The molecular weight excluding hydrogens is 365 g/mol. The summed E-state index contributed by atoms with van der Waals surface area (Å²) >= 11 is 0. The highest BCUT2D eigenvalue weighted by molar-refractivity contribution is 5.60. The second kappa shape index (κ2) is 7.06. The highest BCUT2D eigenvalue weighted by Gasteiger charge is 2.30. The average Bonchev–Trinajstić information content (AvgIpc) is 3.09. The zero-order chi connectivity index (χ0) is 19.6. The number of nitrogens with zero attached hydrogens (tertiary/aromatic N) is 3. The van der Waals surface area contributed by atoms with E-state index in [0.717, 1.165) is 12.1 Å². The average molecular weight is 378 g/mol. The minimum absolute atomic E-state index is 0.0176. The van der Waals surface area contributed by atoms with Crippen LogP contribution >= 0.6 is 0 Å². The van der Waals surface area contributed by atoms with Gasteiger partial charge in [0.05, 0.1) is 17.0 Å². The van der Waals surface area contributed by atoms with Gasteiger partial charge in [-0.3, -0.25) is 10.1 Å². The Labute approximate surface area is 151 Å². The van der Waals surface area contributed by atoms with E-state index in [2.05, 4.69) is 15.5 Å². The van der Waals surface area contributed by atoms with E-state index < -0.39 is 16.7 Å². The summed E-state index contributed by atoms with van der Waals surface area (Å²) in [4.78, 5) is 14.6. The van der Waals surface area contributed by atoms with Crippen LogP contribution in [0.3, 0.4) is 0 Å². The maximum atomic E-state index is 12.6. The first kappa shape index (κ1) is 18.4. The van der Waals surface area contributed by atoms with Gasteiger partial charge in [-0.2, -0.15) is 18.2 Å². The Morgan fingerprint density at radius 1 is 1.19 bits per heavy atom. The van der Waals surface area contributed by atoms with E-state index in [0.29, 0.717) is 16.8 Å². The molecule has 27 heavy (non-hydrogen) atoms. The van der Waals surface area contributed by atoms with Crippen LogP contribution in [0, 0.1) is 17.0 Å². The van der Waals surface area contributed by atoms with Crippen molar-refractivity contribution in [3.8, 4) is 11.4 Å². The van der Waals surface area contributed by atoms with E-state index in [-0.39, 0.29) is 23.9 Å². The quantitative estimate of drug-likeness (QED) is 0.516. The van der Waals surface area contributed by atoms with E-state index in [9.17, 15) is 23.3 Å². The van der Waals surface area contributed by atoms with E-state index in [1.807, 2.05) is 0 Å². The summed E-state index contributed by atoms with van der Waals surface area (Å²) in [6, 6.07) is 9.03. The maximum Gasteiger partial charge on any atom is 0.416 e. The summed E-state index contributed by atoms with van der Waals surface area (Å²) in [5.74, 6) is 0.340. The highest BCUT2D eigenvalue weighted by Crippen LogP contribution is 2.30. The normalized spacial score (nSPS) is 11.4. The molecule has 0 radical (unpaired) electrons. The van der Waals surface area contributed by atoms with E-state index in [1.165, 1.54) is 18.2 Å². The SMILES string of the molecule is Cc1c(NCc2nc(-c3ccc(C(F)(F)F)cc3)no2)cccc1[N+](=O)[O-]. The fraction of sp³-hybridized carbons (Fsp3) is 0.176. The second-order valence-electron chi connectivity index (χ2n) is 5.65. The molecule has 2 aromatic carbocycles. The largest absolute Gasteiger partial charge is 0.416 e. The first-order valence-corrected chi connectivity index (χ1v) is 7.74. The van der Waals surface area contributed by atoms with Crippen LogP contribution in [0.15, 0.2) is 47.0 Å². The zero-order valence-electron chi connectivity index (χ0n) is 13.9. The number of rotatable bonds is 5. The monoisotopic (exact) mass is 378 g/mol. The third-order valence-electron chi connectivity index (χ3n) is 3.87. The van der Waals surface area contributed by atoms with Crippen molar-refractivity contribution in [2.24, 2.45) is 0 Å². The van der Waals surface area contributed by atoms with Crippen LogP contribution < -0.4 is 5.32 Å². The molecule has 140 valence electrons. The number of benzene rings is 2. The Balaban J connectivity index is 1.72. The molecule has 1 heterocycles. The fourth-order valence-electron chi connectivity index (χ4n) is 2.44. The summed E-state index contributed by atoms with van der Waals surface area (Å²) in [6.45, 7) is 1.72. The van der Waals surface area contributed by atoms with Gasteiger partial charge in [0, 0.05) is 22.9 Å². The first-order chi connectivity index (χ1) is 12.8. The van der Waals surface area contributed by atoms with Crippen LogP contribution in [0.2, 0.25) is 0 Å². The van der Waals surface area contributed by atoms with Crippen molar-refractivity contribution in [2.45, 2.75) is 19.6 Å². The highest BCUT2D eigenvalue weighted by atomic mass is 19.4. The number of nitro benzene ring substituents is 1. The molecule has 0 aliphatic carbocycles. The fourth-order valence-corrected chi connectivity index (χ4v) is 2.44. The second-order valence-corrected chi connectivity index (χ2v) is 5.65. The van der Waals surface area contributed by atoms with Gasteiger partial charge in [0.25, 0.3) is 5.69 Å². The first-order valence-electron chi connectivity index (χ1n) is 7.74. The van der Waals surface area contributed by atoms with Crippen molar-refractivity contribution in [1.29, 1.82) is 0 Å². The van der Waals surface area contributed by atoms with Gasteiger partial charge >= 0.3 is 6.18 Å². The van der Waals surface area contributed by atoms with Gasteiger partial charge in [-0.05, 0) is 25.1 Å². The molecular formula is C17H13F3N4O3. The van der Waals surface area contributed by atoms with Crippen molar-refractivity contribution < 1.29 is 22.6 Å². The summed E-state index contributed by atoms with van der Waals surface area (Å²) < 4.78 is 42.9. The number of anilines is 1. The van der Waals surface area contributed by atoms with E-state index in [1.54, 1.807) is 19.1 Å². The lowest BCUT2D eigenvalue weighted by molar-refractivity contribution is -0.385. The number of hydrogen-bond donors (Lipinski definition) is 1. The third kappa shape index (κ3) is 4.05. The van der Waals surface area contributed by atoms with Crippen LogP contribution in [0.25, 0.3) is 11.4 Å². The summed E-state index contributed by atoms with van der Waals surface area (Å²) in [7, 11) is 0. The Morgan fingerprint density at radius 2 is 1.89 bits per heavy atom. The zero-order valence-corrected chi connectivity index (χ0v) is 13.9. The number of nitrogens with one attached hydrogen (secondary N) is 1. The van der Waals surface area contributed by atoms with Crippen molar-refractivity contribution in [2.75, 3.05) is 5.32 Å². The Bertz CT molecular complexity index is 968. The van der Waals surface area contributed by atoms with Crippen molar-refractivity contribution in [3.05, 3.63) is 69.6 Å². The van der Waals surface area contributed by atoms with E-state index >= 15 is 0 Å². The summed E-state index contributed by atoms with van der Waals surface area (Å²) in [5.41, 5.74) is 0.599. The van der Waals surface area contributed by atoms with Gasteiger partial charge in [0.15, 0.2) is 0 Å². The summed E-state index contributed by atoms with van der Waals surface area (Å²) in [5, 5.41) is 17.7. The lowest BCUT2D eigenvalue weighted by atomic mass is 10.1. The lowest BCUT2D eigenvalue weighted by Crippen LogP contribution is -2.04. The molecule has 0 aliphatic rings. The van der Waals surface area contributed by atoms with Crippen LogP contribution in [0.5, 0.6) is 0 Å². The van der Waals surface area contributed by atoms with Crippen LogP contribution in [0.1, 0.15) is 17.0 Å². The van der Waals surface area contributed by atoms with Crippen molar-refractivity contribution >= 4 is 11.4 Å². The minimum Gasteiger partial charge on any atom is -0.376 e. The van der Waals surface area contributed by atoms with Gasteiger partial charge in [0.1, 0.15) is 0 Å². The smallest absolute Gasteiger partial charge is 0.376 e. The third-order valence-corrected chi connectivity index (χ3v) is 3.87. The number of nitro groups is 1. The van der Waals surface area contributed by atoms with E-state index in [4.69, 9.17) is 4.52 Å². The molecule has 0 unspecified atom stereocenters. The molecule has 1 aromatic heterocycles. The van der Waals surface area contributed by atoms with Gasteiger partial charge in [-0.1, -0.05) is 23.4 Å². The molecule has 0 aliphatic heterocycles. The lowest BCUT2D eigenvalue weighted by Gasteiger charge is -2.07. The van der Waals surface area contributed by atoms with Crippen molar-refractivity contribution in [1.82, 2.24) is 10.1 Å². The molecule has 0 atom stereocenters. The van der Waals surface area contributed by atoms with Crippen LogP contribution in [-0.2, 0) is 12.7 Å². The van der Waals surface area contributed by atoms with Crippen molar-refractivity contribution in [3.63, 3.8) is 0 Å². The molecule has 3 aromatic rings. The molecule has 3 rings (SSSR count). The maximum absolute atomic E-state index is 12.6. The molecule has 0 saturated heterocycles. The van der Waals surface area contributed by atoms with Crippen LogP contribution in [-0.4, -0.2) is 15.1 Å². The Hall–Kier alpha value is -3.43.